The molecule has 0 aromatic heterocycles. The molecule has 2 aromatic carbocycles. The number of benzene rings is 2. The zero-order valence-corrected chi connectivity index (χ0v) is 22.4. The molecule has 190 valence electrons. The average Bonchev–Trinajstić information content (AvgIpc) is 2.83. The molecule has 0 unspecified atom stereocenters. The molecule has 9 nitrogen and oxygen atoms in total. The molecule has 1 fully saturated rings. The number of amides is 3. The minimum absolute atomic E-state index is 0.0467. The van der Waals surface area contributed by atoms with Crippen molar-refractivity contribution in [2.75, 3.05) is 58.1 Å². The summed E-state index contributed by atoms with van der Waals surface area (Å²) < 4.78 is 10.2. The maximum atomic E-state index is 12.5. The van der Waals surface area contributed by atoms with Crippen molar-refractivity contribution in [3.63, 3.8) is 0 Å². The fraction of sp³-hybridized carbons (Fsp3) is 0.417. The summed E-state index contributed by atoms with van der Waals surface area (Å²) in [5.41, 5.74) is 1.30. The SMILES string of the molecule is COC(=O)c1ccc2cc(COC(=O)N3CCN(C(=O)CNC(=O)CS(C)(C)Br)CC3)ccc2c1. The predicted octanol–water partition coefficient (Wildman–Crippen LogP) is 2.90. The van der Waals surface area contributed by atoms with Gasteiger partial charge in [0.2, 0.25) is 11.8 Å². The lowest BCUT2D eigenvalue weighted by Crippen LogP contribution is -2.52. The first-order valence-corrected chi connectivity index (χ1v) is 15.5. The van der Waals surface area contributed by atoms with Gasteiger partial charge in [-0.3, -0.25) is 9.59 Å². The first-order valence-electron chi connectivity index (χ1n) is 11.0. The molecule has 0 saturated carbocycles. The lowest BCUT2D eigenvalue weighted by Gasteiger charge is -2.34. The highest BCUT2D eigenvalue weighted by molar-refractivity contribution is 9.58. The number of nitrogens with one attached hydrogen (secondary N) is 1. The fourth-order valence-corrected chi connectivity index (χ4v) is 5.00. The predicted molar refractivity (Wildman–Crippen MR) is 140 cm³/mol. The number of piperazine rings is 1. The molecule has 1 aliphatic rings. The van der Waals surface area contributed by atoms with Gasteiger partial charge in [-0.25, -0.2) is 9.59 Å². The Hall–Kier alpha value is -2.79. The summed E-state index contributed by atoms with van der Waals surface area (Å²) in [5.74, 6) is -0.364. The zero-order valence-electron chi connectivity index (χ0n) is 20.0. The minimum atomic E-state index is -1.15. The van der Waals surface area contributed by atoms with Crippen molar-refractivity contribution in [1.82, 2.24) is 15.1 Å². The van der Waals surface area contributed by atoms with Crippen molar-refractivity contribution in [2.45, 2.75) is 6.61 Å². The van der Waals surface area contributed by atoms with Gasteiger partial charge in [-0.1, -0.05) is 18.2 Å². The molecular weight excluding hydrogens is 538 g/mol. The van der Waals surface area contributed by atoms with Gasteiger partial charge in [0.1, 0.15) is 6.61 Å². The Morgan fingerprint density at radius 3 is 2.26 bits per heavy atom. The van der Waals surface area contributed by atoms with Crippen molar-refractivity contribution in [1.29, 1.82) is 0 Å². The van der Waals surface area contributed by atoms with Gasteiger partial charge in [-0.15, -0.1) is 0 Å². The smallest absolute Gasteiger partial charge is 0.410 e. The number of fused-ring (bicyclic) bond motifs is 1. The van der Waals surface area contributed by atoms with Crippen LogP contribution in [-0.4, -0.2) is 91.8 Å². The number of ether oxygens (including phenoxy) is 2. The summed E-state index contributed by atoms with van der Waals surface area (Å²) in [7, 11) is 0.188. The van der Waals surface area contributed by atoms with Gasteiger partial charge in [-0.2, -0.15) is 8.46 Å². The van der Waals surface area contributed by atoms with Gasteiger partial charge in [0, 0.05) is 26.2 Å². The number of hydrogen-bond donors (Lipinski definition) is 1. The fourth-order valence-electron chi connectivity index (χ4n) is 3.65. The molecule has 35 heavy (non-hydrogen) atoms. The summed E-state index contributed by atoms with van der Waals surface area (Å²) in [6.45, 7) is 1.57. The van der Waals surface area contributed by atoms with Crippen LogP contribution >= 0.6 is 23.3 Å². The highest BCUT2D eigenvalue weighted by atomic mass is 79.9. The van der Waals surface area contributed by atoms with Gasteiger partial charge in [0.05, 0.1) is 25.0 Å². The summed E-state index contributed by atoms with van der Waals surface area (Å²) in [6, 6.07) is 10.9. The third-order valence-corrected chi connectivity index (χ3v) is 7.13. The van der Waals surface area contributed by atoms with Crippen molar-refractivity contribution < 1.29 is 28.7 Å². The van der Waals surface area contributed by atoms with Crippen molar-refractivity contribution in [3.05, 3.63) is 47.5 Å². The van der Waals surface area contributed by atoms with Crippen molar-refractivity contribution in [2.24, 2.45) is 0 Å². The molecule has 2 aromatic rings. The standard InChI is InChI=1S/C24H30BrN3O6S/c1-33-23(31)20-7-6-18-12-17(4-5-19(18)13-20)15-34-24(32)28-10-8-27(9-11-28)22(30)14-26-21(29)16-35(2,3)25/h4-7,12-13H,8-11,14-16H2,1-3H3,(H,26,29). The Kier molecular flexibility index (Phi) is 9.01. The second-order valence-electron chi connectivity index (χ2n) is 8.63. The molecule has 1 heterocycles. The largest absolute Gasteiger partial charge is 0.465 e. The van der Waals surface area contributed by atoms with Crippen LogP contribution in [0.15, 0.2) is 36.4 Å². The Morgan fingerprint density at radius 1 is 0.971 bits per heavy atom. The van der Waals surface area contributed by atoms with Gasteiger partial charge < -0.3 is 24.6 Å². The number of halogens is 1. The van der Waals surface area contributed by atoms with E-state index >= 15 is 0 Å². The van der Waals surface area contributed by atoms with Crippen molar-refractivity contribution in [3.8, 4) is 0 Å². The second kappa shape index (κ2) is 11.8. The van der Waals surface area contributed by atoms with Crippen LogP contribution in [0.1, 0.15) is 15.9 Å². The first kappa shape index (κ1) is 26.8. The molecule has 0 atom stereocenters. The van der Waals surface area contributed by atoms with Crippen LogP contribution in [-0.2, 0) is 25.7 Å². The van der Waals surface area contributed by atoms with Crippen LogP contribution in [0, 0.1) is 0 Å². The van der Waals surface area contributed by atoms with E-state index in [0.29, 0.717) is 37.5 Å². The highest BCUT2D eigenvalue weighted by Gasteiger charge is 2.25. The average molecular weight is 568 g/mol. The third kappa shape index (κ3) is 7.86. The molecule has 3 rings (SSSR count). The number of rotatable bonds is 7. The van der Waals surface area contributed by atoms with E-state index in [9.17, 15) is 19.2 Å². The van der Waals surface area contributed by atoms with Crippen LogP contribution in [0.2, 0.25) is 0 Å². The van der Waals surface area contributed by atoms with Crippen LogP contribution in [0.3, 0.4) is 0 Å². The van der Waals surface area contributed by atoms with E-state index < -0.39 is 20.5 Å². The van der Waals surface area contributed by atoms with Crippen LogP contribution in [0.25, 0.3) is 10.8 Å². The lowest BCUT2D eigenvalue weighted by atomic mass is 10.0. The molecule has 3 amide bonds. The van der Waals surface area contributed by atoms with Crippen LogP contribution in [0.4, 0.5) is 4.79 Å². The number of esters is 1. The number of carbonyl (C=O) groups excluding carboxylic acids is 4. The van der Waals surface area contributed by atoms with E-state index in [1.807, 2.05) is 36.8 Å². The second-order valence-corrected chi connectivity index (χ2v) is 17.0. The zero-order chi connectivity index (χ0) is 25.6. The Morgan fingerprint density at radius 2 is 1.60 bits per heavy atom. The first-order chi connectivity index (χ1) is 16.6. The summed E-state index contributed by atoms with van der Waals surface area (Å²) >= 11 is 3.49. The van der Waals surface area contributed by atoms with E-state index in [-0.39, 0.29) is 25.0 Å². The minimum Gasteiger partial charge on any atom is -0.465 e. The maximum Gasteiger partial charge on any atom is 0.410 e. The summed E-state index contributed by atoms with van der Waals surface area (Å²) in [4.78, 5) is 51.7. The van der Waals surface area contributed by atoms with E-state index in [0.717, 1.165) is 16.3 Å². The third-order valence-electron chi connectivity index (χ3n) is 5.49. The van der Waals surface area contributed by atoms with Gasteiger partial charge in [0.15, 0.2) is 0 Å². The molecule has 11 heteroatoms. The van der Waals surface area contributed by atoms with Crippen LogP contribution < -0.4 is 5.32 Å². The van der Waals surface area contributed by atoms with E-state index in [4.69, 9.17) is 9.47 Å². The van der Waals surface area contributed by atoms with Gasteiger partial charge in [0.25, 0.3) is 0 Å². The topological polar surface area (TPSA) is 105 Å². The summed E-state index contributed by atoms with van der Waals surface area (Å²) in [5, 5.41) is 4.47. The molecule has 1 aliphatic heterocycles. The summed E-state index contributed by atoms with van der Waals surface area (Å²) in [6.07, 6.45) is 3.50. The number of methoxy groups -OCH3 is 1. The molecule has 0 aliphatic carbocycles. The van der Waals surface area contributed by atoms with E-state index in [1.54, 1.807) is 21.9 Å². The van der Waals surface area contributed by atoms with Crippen molar-refractivity contribution >= 4 is 57.9 Å². The monoisotopic (exact) mass is 567 g/mol. The number of carbonyl (C=O) groups is 4. The number of hydrogen-bond acceptors (Lipinski definition) is 6. The van der Waals surface area contributed by atoms with Gasteiger partial charge in [-0.05, 0) is 61.9 Å². The Bertz CT molecular complexity index is 1110. The normalized spacial score (nSPS) is 14.4. The quantitative estimate of drug-likeness (QED) is 0.516. The highest BCUT2D eigenvalue weighted by Crippen LogP contribution is 2.47. The molecule has 0 spiro atoms. The van der Waals surface area contributed by atoms with Gasteiger partial charge >= 0.3 is 12.1 Å². The Labute approximate surface area is 213 Å². The number of nitrogens with zero attached hydrogens (tertiary/aromatic N) is 2. The van der Waals surface area contributed by atoms with E-state index in [1.165, 1.54) is 7.11 Å². The molecule has 0 radical (unpaired) electrons. The van der Waals surface area contributed by atoms with Crippen LogP contribution in [0.5, 0.6) is 0 Å². The Balaban J connectivity index is 1.44. The lowest BCUT2D eigenvalue weighted by molar-refractivity contribution is -0.133. The molecule has 0 bridgehead atoms. The maximum absolute atomic E-state index is 12.5. The van der Waals surface area contributed by atoms with E-state index in [2.05, 4.69) is 20.1 Å². The molecule has 1 N–H and O–H groups in total. The molecule has 1 saturated heterocycles. The molecular formula is C24H30BrN3O6S.